The van der Waals surface area contributed by atoms with Crippen LogP contribution in [0.4, 0.5) is 5.69 Å². The van der Waals surface area contributed by atoms with Gasteiger partial charge < -0.3 is 10.4 Å². The summed E-state index contributed by atoms with van der Waals surface area (Å²) in [5.74, 6) is -0.898. The highest BCUT2D eigenvalue weighted by atomic mass is 79.9. The molecule has 0 saturated heterocycles. The highest BCUT2D eigenvalue weighted by molar-refractivity contribution is 9.10. The number of carbonyl (C=O) groups is 1. The van der Waals surface area contributed by atoms with E-state index in [0.717, 1.165) is 20.6 Å². The highest BCUT2D eigenvalue weighted by Crippen LogP contribution is 2.24. The van der Waals surface area contributed by atoms with Crippen molar-refractivity contribution in [1.29, 1.82) is 0 Å². The average Bonchev–Trinajstić information content (AvgIpc) is 2.46. The third kappa shape index (κ3) is 3.77. The van der Waals surface area contributed by atoms with Crippen molar-refractivity contribution < 1.29 is 9.90 Å². The number of halogens is 1. The molecule has 2 rings (SSSR count). The van der Waals surface area contributed by atoms with E-state index in [9.17, 15) is 9.90 Å². The van der Waals surface area contributed by atoms with Crippen molar-refractivity contribution in [1.82, 2.24) is 0 Å². The zero-order chi connectivity index (χ0) is 14.5. The molecule has 0 aliphatic rings. The number of hydrogen-bond acceptors (Lipinski definition) is 3. The van der Waals surface area contributed by atoms with Gasteiger partial charge in [0.15, 0.2) is 6.04 Å². The molecule has 2 N–H and O–H groups in total. The molecule has 104 valence electrons. The smallest absolute Gasteiger partial charge is 0.330 e. The number of thioether (sulfide) groups is 1. The molecule has 2 aromatic carbocycles. The lowest BCUT2D eigenvalue weighted by atomic mass is 10.1. The topological polar surface area (TPSA) is 49.3 Å². The summed E-state index contributed by atoms with van der Waals surface area (Å²) in [4.78, 5) is 12.6. The van der Waals surface area contributed by atoms with Crippen molar-refractivity contribution in [3.63, 3.8) is 0 Å². The molecule has 0 amide bonds. The van der Waals surface area contributed by atoms with Gasteiger partial charge in [0.1, 0.15) is 0 Å². The van der Waals surface area contributed by atoms with Crippen LogP contribution in [0.25, 0.3) is 0 Å². The molecule has 0 spiro atoms. The number of aliphatic carboxylic acids is 1. The Morgan fingerprint density at radius 3 is 2.25 bits per heavy atom. The lowest BCUT2D eigenvalue weighted by molar-refractivity contribution is -0.138. The summed E-state index contributed by atoms with van der Waals surface area (Å²) in [6.45, 7) is 0. The van der Waals surface area contributed by atoms with Gasteiger partial charge >= 0.3 is 5.97 Å². The van der Waals surface area contributed by atoms with Crippen LogP contribution in [0.2, 0.25) is 0 Å². The van der Waals surface area contributed by atoms with E-state index in [1.165, 1.54) is 0 Å². The molecule has 0 aromatic heterocycles. The monoisotopic (exact) mass is 351 g/mol. The van der Waals surface area contributed by atoms with Crippen molar-refractivity contribution >= 4 is 39.3 Å². The Balaban J connectivity index is 2.22. The van der Waals surface area contributed by atoms with E-state index in [2.05, 4.69) is 21.2 Å². The summed E-state index contributed by atoms with van der Waals surface area (Å²) < 4.78 is 0.958. The molecule has 0 aliphatic carbocycles. The number of hydrogen-bond donors (Lipinski definition) is 2. The maximum absolute atomic E-state index is 11.4. The molecule has 3 nitrogen and oxygen atoms in total. The van der Waals surface area contributed by atoms with Gasteiger partial charge in [-0.05, 0) is 48.2 Å². The molecule has 1 unspecified atom stereocenters. The third-order valence-corrected chi connectivity index (χ3v) is 4.12. The standard InChI is InChI=1S/C15H14BrNO2S/c1-20-13-8-2-10(3-9-13)14(15(18)19)17-12-6-4-11(16)5-7-12/h2-9,14,17H,1H3,(H,18,19). The predicted octanol–water partition coefficient (Wildman–Crippen LogP) is 4.41. The van der Waals surface area contributed by atoms with Crippen molar-refractivity contribution in [2.45, 2.75) is 10.9 Å². The number of carboxylic acids is 1. The average molecular weight is 352 g/mol. The fraction of sp³-hybridized carbons (Fsp3) is 0.133. The van der Waals surface area contributed by atoms with Gasteiger partial charge in [-0.1, -0.05) is 28.1 Å². The Kier molecular flexibility index (Phi) is 5.09. The van der Waals surface area contributed by atoms with E-state index in [-0.39, 0.29) is 0 Å². The molecule has 0 bridgehead atoms. The maximum Gasteiger partial charge on any atom is 0.330 e. The molecule has 0 fully saturated rings. The van der Waals surface area contributed by atoms with Crippen LogP contribution >= 0.6 is 27.7 Å². The second-order valence-electron chi connectivity index (χ2n) is 4.20. The zero-order valence-electron chi connectivity index (χ0n) is 10.8. The summed E-state index contributed by atoms with van der Waals surface area (Å²) in [5.41, 5.74) is 1.51. The van der Waals surface area contributed by atoms with Crippen LogP contribution < -0.4 is 5.32 Å². The molecule has 0 aliphatic heterocycles. The molecular weight excluding hydrogens is 338 g/mol. The van der Waals surface area contributed by atoms with Crippen LogP contribution in [-0.4, -0.2) is 17.3 Å². The summed E-state index contributed by atoms with van der Waals surface area (Å²) in [5, 5.41) is 12.4. The fourth-order valence-corrected chi connectivity index (χ4v) is 2.47. The summed E-state index contributed by atoms with van der Waals surface area (Å²) in [6, 6.07) is 14.2. The number of nitrogens with one attached hydrogen (secondary N) is 1. The van der Waals surface area contributed by atoms with Gasteiger partial charge in [-0.3, -0.25) is 0 Å². The quantitative estimate of drug-likeness (QED) is 0.783. The van der Waals surface area contributed by atoms with Gasteiger partial charge in [-0.25, -0.2) is 4.79 Å². The number of carboxylic acid groups (broad SMARTS) is 1. The molecule has 0 radical (unpaired) electrons. The Hall–Kier alpha value is -1.46. The summed E-state index contributed by atoms with van der Waals surface area (Å²) in [7, 11) is 0. The van der Waals surface area contributed by atoms with E-state index >= 15 is 0 Å². The maximum atomic E-state index is 11.4. The molecular formula is C15H14BrNO2S. The molecule has 1 atom stereocenters. The Bertz CT molecular complexity index is 584. The van der Waals surface area contributed by atoms with E-state index < -0.39 is 12.0 Å². The second kappa shape index (κ2) is 6.81. The van der Waals surface area contributed by atoms with Crippen LogP contribution in [0.3, 0.4) is 0 Å². The molecule has 2 aromatic rings. The van der Waals surface area contributed by atoms with Crippen LogP contribution in [0.5, 0.6) is 0 Å². The second-order valence-corrected chi connectivity index (χ2v) is 5.99. The number of rotatable bonds is 5. The third-order valence-electron chi connectivity index (χ3n) is 2.85. The van der Waals surface area contributed by atoms with Gasteiger partial charge in [0.05, 0.1) is 0 Å². The minimum Gasteiger partial charge on any atom is -0.479 e. The van der Waals surface area contributed by atoms with E-state index in [0.29, 0.717) is 0 Å². The number of anilines is 1. The molecule has 5 heteroatoms. The first-order valence-corrected chi connectivity index (χ1v) is 8.01. The van der Waals surface area contributed by atoms with Crippen molar-refractivity contribution in [3.05, 3.63) is 58.6 Å². The normalized spacial score (nSPS) is 11.9. The van der Waals surface area contributed by atoms with Crippen molar-refractivity contribution in [2.75, 3.05) is 11.6 Å². The van der Waals surface area contributed by atoms with Crippen LogP contribution in [0.1, 0.15) is 11.6 Å². The van der Waals surface area contributed by atoms with Gasteiger partial charge in [0.25, 0.3) is 0 Å². The van der Waals surface area contributed by atoms with Gasteiger partial charge in [-0.2, -0.15) is 0 Å². The lowest BCUT2D eigenvalue weighted by Crippen LogP contribution is -2.20. The SMILES string of the molecule is CSc1ccc(C(Nc2ccc(Br)cc2)C(=O)O)cc1. The van der Waals surface area contributed by atoms with Gasteiger partial charge in [0, 0.05) is 15.1 Å². The fourth-order valence-electron chi connectivity index (χ4n) is 1.80. The van der Waals surface area contributed by atoms with E-state index in [4.69, 9.17) is 0 Å². The van der Waals surface area contributed by atoms with Gasteiger partial charge in [0.2, 0.25) is 0 Å². The predicted molar refractivity (Wildman–Crippen MR) is 86.4 cm³/mol. The van der Waals surface area contributed by atoms with Crippen molar-refractivity contribution in [2.24, 2.45) is 0 Å². The van der Waals surface area contributed by atoms with Crippen LogP contribution in [-0.2, 0) is 4.79 Å². The first kappa shape index (κ1) is 14.9. The lowest BCUT2D eigenvalue weighted by Gasteiger charge is -2.16. The Morgan fingerprint density at radius 2 is 1.75 bits per heavy atom. The van der Waals surface area contributed by atoms with Gasteiger partial charge in [-0.15, -0.1) is 11.8 Å². The Morgan fingerprint density at radius 1 is 1.15 bits per heavy atom. The molecule has 20 heavy (non-hydrogen) atoms. The van der Waals surface area contributed by atoms with Crippen LogP contribution in [0.15, 0.2) is 57.9 Å². The minimum absolute atomic E-state index is 0.734. The number of benzene rings is 2. The van der Waals surface area contributed by atoms with Crippen LogP contribution in [0, 0.1) is 0 Å². The molecule has 0 heterocycles. The minimum atomic E-state index is -0.898. The first-order valence-electron chi connectivity index (χ1n) is 5.99. The van der Waals surface area contributed by atoms with Crippen molar-refractivity contribution in [3.8, 4) is 0 Å². The Labute approximate surface area is 130 Å². The largest absolute Gasteiger partial charge is 0.479 e. The summed E-state index contributed by atoms with van der Waals surface area (Å²) >= 11 is 4.99. The summed E-state index contributed by atoms with van der Waals surface area (Å²) in [6.07, 6.45) is 1.99. The highest BCUT2D eigenvalue weighted by Gasteiger charge is 2.19. The zero-order valence-corrected chi connectivity index (χ0v) is 13.2. The first-order chi connectivity index (χ1) is 9.60. The molecule has 0 saturated carbocycles. The van der Waals surface area contributed by atoms with E-state index in [1.54, 1.807) is 11.8 Å². The van der Waals surface area contributed by atoms with E-state index in [1.807, 2.05) is 54.8 Å².